The van der Waals surface area contributed by atoms with Crippen LogP contribution < -0.4 is 11.1 Å². The van der Waals surface area contributed by atoms with E-state index in [0.29, 0.717) is 0 Å². The number of amides is 1. The van der Waals surface area contributed by atoms with Crippen LogP contribution in [0.15, 0.2) is 29.6 Å². The monoisotopic (exact) mass is 292 g/mol. The number of carboxylic acid groups (broad SMARTS) is 1. The van der Waals surface area contributed by atoms with Crippen LogP contribution in [-0.4, -0.2) is 22.0 Å². The van der Waals surface area contributed by atoms with Gasteiger partial charge >= 0.3 is 5.97 Å². The number of anilines is 2. The van der Waals surface area contributed by atoms with Gasteiger partial charge in [-0.25, -0.2) is 9.78 Å². The zero-order chi connectivity index (χ0) is 14.7. The highest BCUT2D eigenvalue weighted by Crippen LogP contribution is 2.26. The lowest BCUT2D eigenvalue weighted by atomic mass is 10.1. The largest absolute Gasteiger partial charge is 0.478 e. The number of hydrogen-bond donors (Lipinski definition) is 3. The van der Waals surface area contributed by atoms with E-state index in [1.807, 2.05) is 0 Å². The first kappa shape index (κ1) is 13.6. The third-order valence-corrected chi connectivity index (χ3v) is 3.14. The van der Waals surface area contributed by atoms with Crippen LogP contribution in [0.2, 0.25) is 0 Å². The highest BCUT2D eigenvalue weighted by atomic mass is 32.1. The number of rotatable bonds is 4. The van der Waals surface area contributed by atoms with E-state index < -0.39 is 11.9 Å². The number of nitrogen functional groups attached to an aromatic ring is 1. The standard InChI is InChI=1S/C11H8N4O4S/c12-7-3-5(10(17)18)1-2-6(7)9(16)14-11-13-4-8(15-19)20-11/h1-4H,12H2,(H,17,18)(H,13,14,16). The molecular formula is C11H8N4O4S. The zero-order valence-electron chi connectivity index (χ0n) is 9.86. The van der Waals surface area contributed by atoms with Crippen LogP contribution in [-0.2, 0) is 0 Å². The van der Waals surface area contributed by atoms with Gasteiger partial charge in [-0.3, -0.25) is 10.1 Å². The van der Waals surface area contributed by atoms with Gasteiger partial charge < -0.3 is 10.8 Å². The third-order valence-electron chi connectivity index (χ3n) is 2.35. The molecule has 0 saturated heterocycles. The van der Waals surface area contributed by atoms with Crippen molar-refractivity contribution in [3.05, 3.63) is 40.4 Å². The number of thiazole rings is 1. The van der Waals surface area contributed by atoms with Crippen molar-refractivity contribution in [3.8, 4) is 0 Å². The number of carbonyl (C=O) groups is 2. The Balaban J connectivity index is 2.20. The van der Waals surface area contributed by atoms with E-state index in [4.69, 9.17) is 10.8 Å². The van der Waals surface area contributed by atoms with Gasteiger partial charge in [0.05, 0.1) is 17.3 Å². The SMILES string of the molecule is Nc1cc(C(=O)O)ccc1C(=O)Nc1ncc(N=O)s1. The first-order chi connectivity index (χ1) is 9.51. The Morgan fingerprint density at radius 1 is 1.40 bits per heavy atom. The molecule has 2 aromatic rings. The average Bonchev–Trinajstić information content (AvgIpc) is 2.85. The second-order valence-corrected chi connectivity index (χ2v) is 4.67. The Kier molecular flexibility index (Phi) is 3.71. The lowest BCUT2D eigenvalue weighted by molar-refractivity contribution is 0.0696. The van der Waals surface area contributed by atoms with Gasteiger partial charge in [0, 0.05) is 5.69 Å². The Labute approximate surface area is 116 Å². The maximum Gasteiger partial charge on any atom is 0.335 e. The summed E-state index contributed by atoms with van der Waals surface area (Å²) in [4.78, 5) is 36.7. The Morgan fingerprint density at radius 3 is 2.70 bits per heavy atom. The number of carbonyl (C=O) groups excluding carboxylic acids is 1. The van der Waals surface area contributed by atoms with Gasteiger partial charge in [0.25, 0.3) is 5.91 Å². The van der Waals surface area contributed by atoms with Crippen molar-refractivity contribution >= 4 is 39.0 Å². The minimum absolute atomic E-state index is 0.0132. The summed E-state index contributed by atoms with van der Waals surface area (Å²) in [6, 6.07) is 3.77. The molecule has 0 aliphatic carbocycles. The molecule has 0 aliphatic heterocycles. The van der Waals surface area contributed by atoms with Crippen molar-refractivity contribution in [2.45, 2.75) is 0 Å². The molecule has 0 saturated carbocycles. The van der Waals surface area contributed by atoms with Crippen molar-refractivity contribution in [2.24, 2.45) is 5.18 Å². The Bertz CT molecular complexity index is 697. The van der Waals surface area contributed by atoms with Crippen LogP contribution >= 0.6 is 11.3 Å². The summed E-state index contributed by atoms with van der Waals surface area (Å²) in [5, 5.41) is 14.3. The van der Waals surface area contributed by atoms with Crippen LogP contribution in [0.4, 0.5) is 15.8 Å². The smallest absolute Gasteiger partial charge is 0.335 e. The van der Waals surface area contributed by atoms with Gasteiger partial charge in [-0.2, -0.15) is 0 Å². The summed E-state index contributed by atoms with van der Waals surface area (Å²) in [5.41, 5.74) is 5.77. The summed E-state index contributed by atoms with van der Waals surface area (Å²) in [7, 11) is 0. The number of benzene rings is 1. The van der Waals surface area contributed by atoms with Crippen LogP contribution in [0, 0.1) is 4.91 Å². The number of aromatic carboxylic acids is 1. The number of nitroso groups, excluding NO2 is 1. The number of nitrogens with zero attached hydrogens (tertiary/aromatic N) is 2. The van der Waals surface area contributed by atoms with E-state index in [-0.39, 0.29) is 26.9 Å². The molecule has 0 bridgehead atoms. The number of aromatic nitrogens is 1. The summed E-state index contributed by atoms with van der Waals surface area (Å²) in [6.45, 7) is 0. The second-order valence-electron chi connectivity index (χ2n) is 3.66. The van der Waals surface area contributed by atoms with E-state index >= 15 is 0 Å². The minimum Gasteiger partial charge on any atom is -0.478 e. The van der Waals surface area contributed by atoms with E-state index in [9.17, 15) is 14.5 Å². The molecule has 0 aliphatic rings. The van der Waals surface area contributed by atoms with E-state index in [1.54, 1.807) is 0 Å². The lowest BCUT2D eigenvalue weighted by Crippen LogP contribution is -2.14. The molecule has 0 unspecified atom stereocenters. The van der Waals surface area contributed by atoms with Crippen molar-refractivity contribution < 1.29 is 14.7 Å². The molecule has 1 aromatic heterocycles. The van der Waals surface area contributed by atoms with Gasteiger partial charge in [0.1, 0.15) is 0 Å². The fourth-order valence-corrected chi connectivity index (χ4v) is 2.02. The maximum absolute atomic E-state index is 11.9. The normalized spacial score (nSPS) is 10.0. The maximum atomic E-state index is 11.9. The molecule has 0 atom stereocenters. The molecule has 0 radical (unpaired) electrons. The first-order valence-electron chi connectivity index (χ1n) is 5.24. The van der Waals surface area contributed by atoms with Gasteiger partial charge in [0.15, 0.2) is 10.1 Å². The van der Waals surface area contributed by atoms with Crippen molar-refractivity contribution in [1.82, 2.24) is 4.98 Å². The summed E-state index contributed by atoms with van der Waals surface area (Å²) < 4.78 is 0. The first-order valence-corrected chi connectivity index (χ1v) is 6.06. The van der Waals surface area contributed by atoms with E-state index in [0.717, 1.165) is 11.3 Å². The molecule has 1 aromatic carbocycles. The van der Waals surface area contributed by atoms with Crippen LogP contribution in [0.1, 0.15) is 20.7 Å². The fraction of sp³-hybridized carbons (Fsp3) is 0. The topological polar surface area (TPSA) is 135 Å². The molecule has 102 valence electrons. The number of carboxylic acids is 1. The molecule has 0 fully saturated rings. The summed E-state index contributed by atoms with van der Waals surface area (Å²) in [6.07, 6.45) is 1.23. The molecule has 9 heteroatoms. The Hall–Kier alpha value is -2.81. The molecule has 4 N–H and O–H groups in total. The molecule has 20 heavy (non-hydrogen) atoms. The van der Waals surface area contributed by atoms with E-state index in [1.165, 1.54) is 24.4 Å². The number of nitrogens with one attached hydrogen (secondary N) is 1. The summed E-state index contributed by atoms with van der Waals surface area (Å²) in [5.74, 6) is -1.68. The number of nitrogens with two attached hydrogens (primary N) is 1. The third kappa shape index (κ3) is 2.78. The van der Waals surface area contributed by atoms with Crippen molar-refractivity contribution in [2.75, 3.05) is 11.1 Å². The number of hydrogen-bond acceptors (Lipinski definition) is 7. The van der Waals surface area contributed by atoms with Gasteiger partial charge in [-0.05, 0) is 23.4 Å². The highest BCUT2D eigenvalue weighted by molar-refractivity contribution is 7.19. The van der Waals surface area contributed by atoms with E-state index in [2.05, 4.69) is 15.5 Å². The average molecular weight is 292 g/mol. The predicted molar refractivity (Wildman–Crippen MR) is 73.3 cm³/mol. The molecule has 8 nitrogen and oxygen atoms in total. The van der Waals surface area contributed by atoms with Crippen LogP contribution in [0.5, 0.6) is 0 Å². The summed E-state index contributed by atoms with van der Waals surface area (Å²) >= 11 is 0.913. The molecular weight excluding hydrogens is 284 g/mol. The van der Waals surface area contributed by atoms with Crippen molar-refractivity contribution in [1.29, 1.82) is 0 Å². The second kappa shape index (κ2) is 5.45. The molecule has 2 rings (SSSR count). The van der Waals surface area contributed by atoms with Gasteiger partial charge in [0.2, 0.25) is 0 Å². The molecule has 1 heterocycles. The van der Waals surface area contributed by atoms with Crippen molar-refractivity contribution in [3.63, 3.8) is 0 Å². The van der Waals surface area contributed by atoms with Crippen LogP contribution in [0.3, 0.4) is 0 Å². The molecule has 1 amide bonds. The highest BCUT2D eigenvalue weighted by Gasteiger charge is 2.14. The quantitative estimate of drug-likeness (QED) is 0.583. The Morgan fingerprint density at radius 2 is 2.15 bits per heavy atom. The predicted octanol–water partition coefficient (Wildman–Crippen LogP) is 2.07. The van der Waals surface area contributed by atoms with Crippen LogP contribution in [0.25, 0.3) is 0 Å². The van der Waals surface area contributed by atoms with Gasteiger partial charge in [-0.15, -0.1) is 4.91 Å². The minimum atomic E-state index is -1.13. The molecule has 0 spiro atoms. The zero-order valence-corrected chi connectivity index (χ0v) is 10.7. The fourth-order valence-electron chi connectivity index (χ4n) is 1.43. The lowest BCUT2D eigenvalue weighted by Gasteiger charge is -2.06. The van der Waals surface area contributed by atoms with Gasteiger partial charge in [-0.1, -0.05) is 11.3 Å².